The fourth-order valence-electron chi connectivity index (χ4n) is 3.28. The summed E-state index contributed by atoms with van der Waals surface area (Å²) in [5.41, 5.74) is -0.0750. The molecule has 0 aliphatic rings. The van der Waals surface area contributed by atoms with Gasteiger partial charge in [0.1, 0.15) is 6.54 Å². The molecule has 0 saturated carbocycles. The molecule has 0 fully saturated rings. The number of thiazole rings is 1. The Bertz CT molecular complexity index is 1190. The molecule has 0 radical (unpaired) electrons. The molecule has 3 rings (SSSR count). The molecule has 0 aliphatic heterocycles. The Morgan fingerprint density at radius 2 is 1.92 bits per heavy atom. The fourth-order valence-corrected chi connectivity index (χ4v) is 4.01. The number of hydrogen-bond donors (Lipinski definition) is 2. The van der Waals surface area contributed by atoms with Crippen LogP contribution < -0.4 is 10.6 Å². The molecule has 1 aromatic carbocycles. The average Bonchev–Trinajstić information content (AvgIpc) is 3.48. The minimum atomic E-state index is -4.46. The van der Waals surface area contributed by atoms with Gasteiger partial charge in [-0.3, -0.25) is 14.4 Å². The zero-order valence-corrected chi connectivity index (χ0v) is 20.4. The van der Waals surface area contributed by atoms with E-state index in [4.69, 9.17) is 4.42 Å². The monoisotopic (exact) mass is 522 g/mol. The zero-order valence-electron chi connectivity index (χ0n) is 19.6. The molecule has 0 aliphatic carbocycles. The molecule has 0 saturated heterocycles. The van der Waals surface area contributed by atoms with Crippen LogP contribution in [-0.2, 0) is 28.7 Å². The summed E-state index contributed by atoms with van der Waals surface area (Å²) in [5, 5.41) is 7.04. The third-order valence-corrected chi connectivity index (χ3v) is 5.63. The van der Waals surface area contributed by atoms with Gasteiger partial charge >= 0.3 is 6.18 Å². The molecule has 2 heterocycles. The highest BCUT2D eigenvalue weighted by Gasteiger charge is 2.30. The second kappa shape index (κ2) is 11.8. The van der Waals surface area contributed by atoms with Gasteiger partial charge in [-0.15, -0.1) is 11.3 Å². The number of nitrogens with one attached hydrogen (secondary N) is 2. The molecule has 8 nitrogen and oxygen atoms in total. The molecule has 36 heavy (non-hydrogen) atoms. The van der Waals surface area contributed by atoms with Crippen LogP contribution in [0.3, 0.4) is 0 Å². The summed E-state index contributed by atoms with van der Waals surface area (Å²) >= 11 is 1.12. The van der Waals surface area contributed by atoms with Crippen molar-refractivity contribution in [3.63, 3.8) is 0 Å². The van der Waals surface area contributed by atoms with Crippen molar-refractivity contribution in [1.82, 2.24) is 15.2 Å². The van der Waals surface area contributed by atoms with Crippen LogP contribution in [0.5, 0.6) is 0 Å². The van der Waals surface area contributed by atoms with Crippen LogP contribution in [0.25, 0.3) is 0 Å². The number of benzene rings is 1. The summed E-state index contributed by atoms with van der Waals surface area (Å²) in [6.45, 7) is 3.93. The lowest BCUT2D eigenvalue weighted by atomic mass is 10.1. The Labute approximate surface area is 209 Å². The fraction of sp³-hybridized carbons (Fsp3) is 0.333. The summed E-state index contributed by atoms with van der Waals surface area (Å²) in [5.74, 6) is -1.02. The SMILES string of the molecule is CC(C)CN(CC(=O)Nc1nc(CC(=O)NCc2cccc(C(F)(F)F)c2)cs1)C(=O)c1ccco1. The molecule has 0 atom stereocenters. The van der Waals surface area contributed by atoms with Gasteiger partial charge in [0.05, 0.1) is 23.9 Å². The van der Waals surface area contributed by atoms with Gasteiger partial charge in [-0.25, -0.2) is 4.98 Å². The van der Waals surface area contributed by atoms with Crippen molar-refractivity contribution in [3.05, 3.63) is 70.6 Å². The van der Waals surface area contributed by atoms with Crippen LogP contribution in [0.15, 0.2) is 52.5 Å². The average molecular weight is 523 g/mol. The Kier molecular flexibility index (Phi) is 8.86. The molecule has 3 amide bonds. The number of alkyl halides is 3. The van der Waals surface area contributed by atoms with Crippen molar-refractivity contribution < 1.29 is 32.0 Å². The van der Waals surface area contributed by atoms with Gasteiger partial charge in [-0.05, 0) is 35.7 Å². The Morgan fingerprint density at radius 1 is 1.14 bits per heavy atom. The van der Waals surface area contributed by atoms with Crippen LogP contribution in [0, 0.1) is 5.92 Å². The van der Waals surface area contributed by atoms with Gasteiger partial charge in [-0.2, -0.15) is 13.2 Å². The molecule has 192 valence electrons. The van der Waals surface area contributed by atoms with Crippen molar-refractivity contribution in [1.29, 1.82) is 0 Å². The number of carbonyl (C=O) groups excluding carboxylic acids is 3. The number of anilines is 1. The predicted molar refractivity (Wildman–Crippen MR) is 127 cm³/mol. The van der Waals surface area contributed by atoms with Gasteiger partial charge < -0.3 is 20.0 Å². The molecule has 12 heteroatoms. The lowest BCUT2D eigenvalue weighted by molar-refractivity contribution is -0.137. The first-order valence-corrected chi connectivity index (χ1v) is 11.9. The third-order valence-electron chi connectivity index (χ3n) is 4.82. The minimum Gasteiger partial charge on any atom is -0.459 e. The summed E-state index contributed by atoms with van der Waals surface area (Å²) in [6.07, 6.45) is -3.19. The summed E-state index contributed by atoms with van der Waals surface area (Å²) in [4.78, 5) is 43.0. The number of carbonyl (C=O) groups is 3. The number of hydrogen-bond acceptors (Lipinski definition) is 6. The summed E-state index contributed by atoms with van der Waals surface area (Å²) < 4.78 is 43.6. The van der Waals surface area contributed by atoms with Crippen LogP contribution in [-0.4, -0.2) is 40.7 Å². The van der Waals surface area contributed by atoms with Crippen LogP contribution in [0.1, 0.15) is 41.2 Å². The van der Waals surface area contributed by atoms with Gasteiger partial charge in [0.2, 0.25) is 11.8 Å². The zero-order chi connectivity index (χ0) is 26.3. The van der Waals surface area contributed by atoms with E-state index in [1.807, 2.05) is 13.8 Å². The third kappa shape index (κ3) is 7.94. The van der Waals surface area contributed by atoms with Crippen molar-refractivity contribution in [2.24, 2.45) is 5.92 Å². The Morgan fingerprint density at radius 3 is 2.58 bits per heavy atom. The van der Waals surface area contributed by atoms with Crippen molar-refractivity contribution >= 4 is 34.2 Å². The Hall–Kier alpha value is -3.67. The van der Waals surface area contributed by atoms with Gasteiger partial charge in [0, 0.05) is 18.5 Å². The van der Waals surface area contributed by atoms with E-state index in [2.05, 4.69) is 15.6 Å². The van der Waals surface area contributed by atoms with Crippen molar-refractivity contribution in [2.45, 2.75) is 33.0 Å². The second-order valence-corrected chi connectivity index (χ2v) is 9.26. The maximum absolute atomic E-state index is 12.8. The Balaban J connectivity index is 1.51. The molecular weight excluding hydrogens is 497 g/mol. The van der Waals surface area contributed by atoms with Crippen molar-refractivity contribution in [2.75, 3.05) is 18.4 Å². The first kappa shape index (κ1) is 26.9. The maximum Gasteiger partial charge on any atom is 0.416 e. The number of nitrogens with zero attached hydrogens (tertiary/aromatic N) is 2. The van der Waals surface area contributed by atoms with Gasteiger partial charge in [-0.1, -0.05) is 26.0 Å². The molecule has 0 spiro atoms. The smallest absolute Gasteiger partial charge is 0.416 e. The largest absolute Gasteiger partial charge is 0.459 e. The summed E-state index contributed by atoms with van der Waals surface area (Å²) in [6, 6.07) is 7.84. The molecule has 2 aromatic heterocycles. The first-order chi connectivity index (χ1) is 17.0. The highest BCUT2D eigenvalue weighted by Crippen LogP contribution is 2.29. The minimum absolute atomic E-state index is 0.0636. The first-order valence-electron chi connectivity index (χ1n) is 11.0. The highest BCUT2D eigenvalue weighted by atomic mass is 32.1. The van der Waals surface area contributed by atoms with Gasteiger partial charge in [0.15, 0.2) is 10.9 Å². The van der Waals surface area contributed by atoms with E-state index >= 15 is 0 Å². The van der Waals surface area contributed by atoms with E-state index in [0.29, 0.717) is 17.8 Å². The maximum atomic E-state index is 12.8. The molecule has 2 N–H and O–H groups in total. The van der Waals surface area contributed by atoms with Crippen LogP contribution in [0.2, 0.25) is 0 Å². The molecule has 0 unspecified atom stereocenters. The number of furan rings is 1. The van der Waals surface area contributed by atoms with E-state index in [0.717, 1.165) is 23.5 Å². The quantitative estimate of drug-likeness (QED) is 0.412. The van der Waals surface area contributed by atoms with E-state index in [1.165, 1.54) is 29.4 Å². The number of aromatic nitrogens is 1. The normalized spacial score (nSPS) is 11.4. The van der Waals surface area contributed by atoms with E-state index in [-0.39, 0.29) is 36.3 Å². The van der Waals surface area contributed by atoms with Gasteiger partial charge in [0.25, 0.3) is 5.91 Å². The molecule has 3 aromatic rings. The summed E-state index contributed by atoms with van der Waals surface area (Å²) in [7, 11) is 0. The van der Waals surface area contributed by atoms with Crippen LogP contribution >= 0.6 is 11.3 Å². The number of amides is 3. The van der Waals surface area contributed by atoms with E-state index in [9.17, 15) is 27.6 Å². The standard InChI is InChI=1S/C24H25F3N4O4S/c1-15(2)12-31(22(34)19-7-4-8-35-19)13-21(33)30-23-29-18(14-36-23)10-20(32)28-11-16-5-3-6-17(9-16)24(25,26)27/h3-9,14-15H,10-13H2,1-2H3,(H,28,32)(H,29,30,33). The predicted octanol–water partition coefficient (Wildman–Crippen LogP) is 4.35. The molecule has 0 bridgehead atoms. The molecular formula is C24H25F3N4O4S. The number of halogens is 3. The lowest BCUT2D eigenvalue weighted by Gasteiger charge is -2.22. The second-order valence-electron chi connectivity index (χ2n) is 8.40. The van der Waals surface area contributed by atoms with E-state index < -0.39 is 29.5 Å². The lowest BCUT2D eigenvalue weighted by Crippen LogP contribution is -2.40. The van der Waals surface area contributed by atoms with E-state index in [1.54, 1.807) is 11.4 Å². The topological polar surface area (TPSA) is 105 Å². The van der Waals surface area contributed by atoms with Crippen molar-refractivity contribution in [3.8, 4) is 0 Å². The highest BCUT2D eigenvalue weighted by molar-refractivity contribution is 7.13. The van der Waals surface area contributed by atoms with Crippen LogP contribution in [0.4, 0.5) is 18.3 Å². The number of rotatable bonds is 10.